The van der Waals surface area contributed by atoms with Gasteiger partial charge in [-0.05, 0) is 43.5 Å². The number of unbranched alkanes of at least 4 members (excludes halogenated alkanes) is 1. The fraction of sp³-hybridized carbons (Fsp3) is 0.476. The maximum atomic E-state index is 13.6. The zero-order chi connectivity index (χ0) is 22.8. The predicted octanol–water partition coefficient (Wildman–Crippen LogP) is 3.16. The van der Waals surface area contributed by atoms with Crippen molar-refractivity contribution in [3.8, 4) is 11.4 Å². The van der Waals surface area contributed by atoms with Crippen LogP contribution in [0.15, 0.2) is 24.3 Å². The Hall–Kier alpha value is -3.04. The summed E-state index contributed by atoms with van der Waals surface area (Å²) in [5.74, 6) is 0.0553. The Morgan fingerprint density at radius 1 is 1.19 bits per heavy atom. The molecule has 0 unspecified atom stereocenters. The number of carbonyl (C=O) groups excluding carboxylic acids is 2. The van der Waals surface area contributed by atoms with E-state index >= 15 is 0 Å². The highest BCUT2D eigenvalue weighted by atomic mass is 19.4. The molecule has 0 saturated carbocycles. The number of carbonyl (C=O) groups is 2. The number of alkyl halides is 3. The number of methoxy groups -OCH3 is 1. The molecule has 1 aromatic carbocycles. The molecule has 0 aliphatic carbocycles. The van der Waals surface area contributed by atoms with Gasteiger partial charge in [0.25, 0.3) is 5.91 Å². The molecule has 0 radical (unpaired) electrons. The quantitative estimate of drug-likeness (QED) is 0.623. The summed E-state index contributed by atoms with van der Waals surface area (Å²) in [7, 11) is 4.84. The number of fused-ring (bicyclic) bond motifs is 1. The van der Waals surface area contributed by atoms with Crippen LogP contribution >= 0.6 is 0 Å². The molecule has 2 amide bonds. The molecule has 3 rings (SSSR count). The lowest BCUT2D eigenvalue weighted by Crippen LogP contribution is -2.39. The van der Waals surface area contributed by atoms with Crippen LogP contribution < -0.4 is 4.74 Å². The third-order valence-corrected chi connectivity index (χ3v) is 5.26. The highest BCUT2D eigenvalue weighted by Gasteiger charge is 2.43. The summed E-state index contributed by atoms with van der Waals surface area (Å²) >= 11 is 0. The number of amides is 2. The van der Waals surface area contributed by atoms with Gasteiger partial charge in [-0.3, -0.25) is 9.59 Å². The Balaban J connectivity index is 1.85. The first kappa shape index (κ1) is 22.6. The first-order valence-electron chi connectivity index (χ1n) is 9.96. The van der Waals surface area contributed by atoms with Gasteiger partial charge in [0.2, 0.25) is 5.91 Å². The second kappa shape index (κ2) is 8.99. The third kappa shape index (κ3) is 4.83. The number of halogens is 3. The number of ether oxygens (including phenoxy) is 1. The lowest BCUT2D eigenvalue weighted by atomic mass is 10.0. The van der Waals surface area contributed by atoms with E-state index in [1.54, 1.807) is 38.4 Å². The lowest BCUT2D eigenvalue weighted by Gasteiger charge is -2.28. The number of rotatable bonds is 7. The minimum absolute atomic E-state index is 0.000317. The van der Waals surface area contributed by atoms with Crippen LogP contribution in [-0.2, 0) is 17.4 Å². The van der Waals surface area contributed by atoms with Gasteiger partial charge in [-0.25, -0.2) is 4.68 Å². The van der Waals surface area contributed by atoms with Crippen LogP contribution in [0.2, 0.25) is 0 Å². The van der Waals surface area contributed by atoms with E-state index in [0.29, 0.717) is 37.2 Å². The molecule has 0 N–H and O–H groups in total. The standard InChI is InChI=1S/C21H25F3N4O3/c1-26(2)17(29)6-4-5-12-27-13-11-16-18(20(27)30)28(25-19(16)21(22,23)24)14-7-9-15(31-3)10-8-14/h7-10H,4-6,11-13H2,1-3H3. The second-order valence-corrected chi connectivity index (χ2v) is 7.57. The average Bonchev–Trinajstić information content (AvgIpc) is 3.13. The van der Waals surface area contributed by atoms with E-state index in [9.17, 15) is 22.8 Å². The third-order valence-electron chi connectivity index (χ3n) is 5.26. The van der Waals surface area contributed by atoms with E-state index in [4.69, 9.17) is 4.74 Å². The van der Waals surface area contributed by atoms with Gasteiger partial charge in [0.15, 0.2) is 5.69 Å². The molecule has 2 aromatic rings. The van der Waals surface area contributed by atoms with Gasteiger partial charge in [-0.2, -0.15) is 18.3 Å². The summed E-state index contributed by atoms with van der Waals surface area (Å²) < 4.78 is 46.9. The molecule has 1 aromatic heterocycles. The lowest BCUT2D eigenvalue weighted by molar-refractivity contribution is -0.142. The van der Waals surface area contributed by atoms with Crippen molar-refractivity contribution in [3.05, 3.63) is 41.2 Å². The van der Waals surface area contributed by atoms with Crippen molar-refractivity contribution in [3.63, 3.8) is 0 Å². The molecular weight excluding hydrogens is 413 g/mol. The zero-order valence-electron chi connectivity index (χ0n) is 17.7. The fourth-order valence-electron chi connectivity index (χ4n) is 3.56. The highest BCUT2D eigenvalue weighted by molar-refractivity contribution is 5.96. The Morgan fingerprint density at radius 3 is 2.45 bits per heavy atom. The predicted molar refractivity (Wildman–Crippen MR) is 107 cm³/mol. The van der Waals surface area contributed by atoms with Crippen molar-refractivity contribution in [1.82, 2.24) is 19.6 Å². The van der Waals surface area contributed by atoms with Gasteiger partial charge >= 0.3 is 6.18 Å². The topological polar surface area (TPSA) is 67.7 Å². The van der Waals surface area contributed by atoms with E-state index < -0.39 is 17.8 Å². The fourth-order valence-corrected chi connectivity index (χ4v) is 3.56. The summed E-state index contributed by atoms with van der Waals surface area (Å²) in [6.45, 7) is 0.555. The van der Waals surface area contributed by atoms with Gasteiger partial charge < -0.3 is 14.5 Å². The number of aromatic nitrogens is 2. The number of hydrogen-bond acceptors (Lipinski definition) is 4. The van der Waals surface area contributed by atoms with Crippen LogP contribution in [0, 0.1) is 0 Å². The number of benzene rings is 1. The first-order chi connectivity index (χ1) is 14.6. The van der Waals surface area contributed by atoms with Crippen LogP contribution in [-0.4, -0.2) is 65.7 Å². The number of hydrogen-bond donors (Lipinski definition) is 0. The van der Waals surface area contributed by atoms with Crippen molar-refractivity contribution in [2.24, 2.45) is 0 Å². The first-order valence-corrected chi connectivity index (χ1v) is 9.96. The summed E-state index contributed by atoms with van der Waals surface area (Å²) in [6.07, 6.45) is -3.04. The molecule has 0 atom stereocenters. The molecule has 2 heterocycles. The molecule has 7 nitrogen and oxygen atoms in total. The van der Waals surface area contributed by atoms with Crippen molar-refractivity contribution >= 4 is 11.8 Å². The van der Waals surface area contributed by atoms with Gasteiger partial charge in [0.1, 0.15) is 11.4 Å². The van der Waals surface area contributed by atoms with Gasteiger partial charge in [-0.1, -0.05) is 0 Å². The molecule has 1 aliphatic rings. The van der Waals surface area contributed by atoms with Crippen LogP contribution in [0.25, 0.3) is 5.69 Å². The van der Waals surface area contributed by atoms with Crippen LogP contribution in [0.4, 0.5) is 13.2 Å². The molecule has 0 bridgehead atoms. The summed E-state index contributed by atoms with van der Waals surface area (Å²) in [5.41, 5.74) is -0.817. The van der Waals surface area contributed by atoms with Crippen molar-refractivity contribution in [2.45, 2.75) is 31.9 Å². The van der Waals surface area contributed by atoms with Crippen molar-refractivity contribution in [2.75, 3.05) is 34.3 Å². The molecule has 31 heavy (non-hydrogen) atoms. The molecule has 0 fully saturated rings. The van der Waals surface area contributed by atoms with Crippen LogP contribution in [0.3, 0.4) is 0 Å². The van der Waals surface area contributed by atoms with E-state index in [2.05, 4.69) is 5.10 Å². The normalized spacial score (nSPS) is 13.9. The summed E-state index contributed by atoms with van der Waals surface area (Å²) in [4.78, 5) is 27.8. The Morgan fingerprint density at radius 2 is 1.87 bits per heavy atom. The summed E-state index contributed by atoms with van der Waals surface area (Å²) in [5, 5.41) is 3.77. The zero-order valence-corrected chi connectivity index (χ0v) is 17.7. The molecule has 168 valence electrons. The van der Waals surface area contributed by atoms with E-state index in [-0.39, 0.29) is 30.1 Å². The highest BCUT2D eigenvalue weighted by Crippen LogP contribution is 2.36. The van der Waals surface area contributed by atoms with Crippen molar-refractivity contribution in [1.29, 1.82) is 0 Å². The Kier molecular flexibility index (Phi) is 6.56. The summed E-state index contributed by atoms with van der Waals surface area (Å²) in [6, 6.07) is 6.32. The smallest absolute Gasteiger partial charge is 0.435 e. The molecule has 1 aliphatic heterocycles. The monoisotopic (exact) mass is 438 g/mol. The van der Waals surface area contributed by atoms with Crippen LogP contribution in [0.5, 0.6) is 5.75 Å². The molecule has 0 saturated heterocycles. The molecule has 10 heteroatoms. The largest absolute Gasteiger partial charge is 0.497 e. The van der Waals surface area contributed by atoms with Gasteiger partial charge in [-0.15, -0.1) is 0 Å². The van der Waals surface area contributed by atoms with E-state index in [1.165, 1.54) is 16.9 Å². The molecule has 0 spiro atoms. The maximum Gasteiger partial charge on any atom is 0.435 e. The second-order valence-electron chi connectivity index (χ2n) is 7.57. The average molecular weight is 438 g/mol. The Bertz CT molecular complexity index is 952. The SMILES string of the molecule is COc1ccc(-n2nc(C(F)(F)F)c3c2C(=O)N(CCCCC(=O)N(C)C)CC3)cc1. The number of nitrogens with zero attached hydrogens (tertiary/aromatic N) is 4. The minimum atomic E-state index is -4.66. The van der Waals surface area contributed by atoms with Gasteiger partial charge in [0.05, 0.1) is 12.8 Å². The van der Waals surface area contributed by atoms with Crippen molar-refractivity contribution < 1.29 is 27.5 Å². The van der Waals surface area contributed by atoms with E-state index in [1.807, 2.05) is 0 Å². The van der Waals surface area contributed by atoms with Crippen LogP contribution in [0.1, 0.15) is 41.0 Å². The van der Waals surface area contributed by atoms with Gasteiger partial charge in [0, 0.05) is 39.2 Å². The van der Waals surface area contributed by atoms with E-state index in [0.717, 1.165) is 4.68 Å². The molecular formula is C21H25F3N4O3. The minimum Gasteiger partial charge on any atom is -0.497 e. The Labute approximate surface area is 178 Å². The maximum absolute atomic E-state index is 13.6.